The number of imidazole rings is 1. The second kappa shape index (κ2) is 8.92. The molecule has 2 aromatic carbocycles. The minimum Gasteiger partial charge on any atom is -0.406 e. The number of hydrogen-bond acceptors (Lipinski definition) is 3. The minimum absolute atomic E-state index is 0.231. The van der Waals surface area contributed by atoms with E-state index in [0.29, 0.717) is 17.6 Å². The Morgan fingerprint density at radius 2 is 1.85 bits per heavy atom. The molecule has 4 rings (SSSR count). The standard InChI is InChI=1S/C26H32F3N3O/c1-5-6-18-7-12-23-22(14-18)31-24(32(23)20-13-17(2)15-25(3,4)16-20)30-19-8-10-21(11-9-19)33-26(27,28)29/h7-12,14,17,20H,5-6,13,15-16H2,1-4H3,(H,30,31)/t17-,20+/m0/s1. The average molecular weight is 460 g/mol. The van der Waals surface area contributed by atoms with Gasteiger partial charge in [-0.3, -0.25) is 0 Å². The third kappa shape index (κ3) is 5.63. The first kappa shape index (κ1) is 23.5. The van der Waals surface area contributed by atoms with Gasteiger partial charge in [-0.15, -0.1) is 13.2 Å². The zero-order valence-electron chi connectivity index (χ0n) is 19.7. The van der Waals surface area contributed by atoms with Crippen LogP contribution in [-0.2, 0) is 6.42 Å². The van der Waals surface area contributed by atoms with Crippen molar-refractivity contribution in [2.75, 3.05) is 5.32 Å². The summed E-state index contributed by atoms with van der Waals surface area (Å²) in [5.41, 5.74) is 4.18. The highest BCUT2D eigenvalue weighted by Gasteiger charge is 2.35. The molecule has 0 aliphatic heterocycles. The summed E-state index contributed by atoms with van der Waals surface area (Å²) in [6.07, 6.45) is 0.673. The fourth-order valence-electron chi connectivity index (χ4n) is 5.41. The molecule has 2 atom stereocenters. The van der Waals surface area contributed by atoms with Crippen molar-refractivity contribution >= 4 is 22.7 Å². The number of halogens is 3. The molecule has 33 heavy (non-hydrogen) atoms. The first-order valence-electron chi connectivity index (χ1n) is 11.7. The fraction of sp³-hybridized carbons (Fsp3) is 0.500. The van der Waals surface area contributed by atoms with Crippen LogP contribution in [-0.4, -0.2) is 15.9 Å². The Labute approximate surface area is 193 Å². The van der Waals surface area contributed by atoms with Crippen molar-refractivity contribution in [2.45, 2.75) is 72.2 Å². The highest BCUT2D eigenvalue weighted by molar-refractivity contribution is 5.80. The van der Waals surface area contributed by atoms with Gasteiger partial charge >= 0.3 is 6.36 Å². The molecule has 0 amide bonds. The molecular weight excluding hydrogens is 427 g/mol. The van der Waals surface area contributed by atoms with Crippen LogP contribution in [0.15, 0.2) is 42.5 Å². The molecule has 0 saturated heterocycles. The van der Waals surface area contributed by atoms with Gasteiger partial charge < -0.3 is 14.6 Å². The molecule has 0 unspecified atom stereocenters. The smallest absolute Gasteiger partial charge is 0.406 e. The topological polar surface area (TPSA) is 39.1 Å². The molecule has 1 aliphatic rings. The van der Waals surface area contributed by atoms with Gasteiger partial charge in [0.2, 0.25) is 5.95 Å². The molecule has 3 aromatic rings. The Kier molecular flexibility index (Phi) is 6.34. The Hall–Kier alpha value is -2.70. The maximum Gasteiger partial charge on any atom is 0.573 e. The Morgan fingerprint density at radius 1 is 1.12 bits per heavy atom. The largest absolute Gasteiger partial charge is 0.573 e. The lowest BCUT2D eigenvalue weighted by Crippen LogP contribution is -2.29. The Balaban J connectivity index is 1.71. The minimum atomic E-state index is -4.70. The summed E-state index contributed by atoms with van der Waals surface area (Å²) in [4.78, 5) is 4.92. The summed E-state index contributed by atoms with van der Waals surface area (Å²) >= 11 is 0. The number of benzene rings is 2. The van der Waals surface area contributed by atoms with Crippen LogP contribution in [0.25, 0.3) is 11.0 Å². The van der Waals surface area contributed by atoms with Crippen molar-refractivity contribution in [3.8, 4) is 5.75 Å². The van der Waals surface area contributed by atoms with Gasteiger partial charge in [0.05, 0.1) is 11.0 Å². The molecule has 0 radical (unpaired) electrons. The van der Waals surface area contributed by atoms with E-state index in [1.54, 1.807) is 12.1 Å². The second-order valence-corrected chi connectivity index (χ2v) is 10.1. The predicted octanol–water partition coefficient (Wildman–Crippen LogP) is 8.02. The molecule has 4 nitrogen and oxygen atoms in total. The predicted molar refractivity (Wildman–Crippen MR) is 126 cm³/mol. The number of fused-ring (bicyclic) bond motifs is 1. The van der Waals surface area contributed by atoms with Gasteiger partial charge in [0, 0.05) is 11.7 Å². The van der Waals surface area contributed by atoms with Crippen LogP contribution in [0.1, 0.15) is 65.0 Å². The normalized spacial score (nSPS) is 20.7. The van der Waals surface area contributed by atoms with Gasteiger partial charge in [-0.1, -0.05) is 40.2 Å². The van der Waals surface area contributed by atoms with E-state index >= 15 is 0 Å². The zero-order valence-corrected chi connectivity index (χ0v) is 19.7. The van der Waals surface area contributed by atoms with E-state index in [-0.39, 0.29) is 11.2 Å². The van der Waals surface area contributed by atoms with Gasteiger partial charge in [0.15, 0.2) is 0 Å². The quantitative estimate of drug-likeness (QED) is 0.406. The van der Waals surface area contributed by atoms with Crippen LogP contribution in [0.5, 0.6) is 5.75 Å². The summed E-state index contributed by atoms with van der Waals surface area (Å²) < 4.78 is 43.8. The fourth-order valence-corrected chi connectivity index (χ4v) is 5.41. The highest BCUT2D eigenvalue weighted by atomic mass is 19.4. The highest BCUT2D eigenvalue weighted by Crippen LogP contribution is 2.46. The number of nitrogens with one attached hydrogen (secondary N) is 1. The van der Waals surface area contributed by atoms with E-state index in [2.05, 4.69) is 60.5 Å². The first-order valence-corrected chi connectivity index (χ1v) is 11.7. The summed E-state index contributed by atoms with van der Waals surface area (Å²) in [6, 6.07) is 12.6. The van der Waals surface area contributed by atoms with E-state index in [9.17, 15) is 13.2 Å². The van der Waals surface area contributed by atoms with Crippen molar-refractivity contribution in [1.82, 2.24) is 9.55 Å². The van der Waals surface area contributed by atoms with Gasteiger partial charge in [0.25, 0.3) is 0 Å². The number of aryl methyl sites for hydroxylation is 1. The van der Waals surface area contributed by atoms with Crippen LogP contribution in [0, 0.1) is 11.3 Å². The van der Waals surface area contributed by atoms with Crippen LogP contribution in [0.4, 0.5) is 24.8 Å². The number of hydrogen-bond donors (Lipinski definition) is 1. The summed E-state index contributed by atoms with van der Waals surface area (Å²) in [7, 11) is 0. The van der Waals surface area contributed by atoms with E-state index < -0.39 is 6.36 Å². The number of nitrogens with zero attached hydrogens (tertiary/aromatic N) is 2. The SMILES string of the molecule is CCCc1ccc2c(c1)nc(Nc1ccc(OC(F)(F)F)cc1)n2[C@@H]1C[C@H](C)CC(C)(C)C1. The number of anilines is 2. The molecule has 1 aromatic heterocycles. The summed E-state index contributed by atoms with van der Waals surface area (Å²) in [6.45, 7) is 9.10. The van der Waals surface area contributed by atoms with E-state index in [1.807, 2.05) is 0 Å². The summed E-state index contributed by atoms with van der Waals surface area (Å²) in [5.74, 6) is 1.08. The second-order valence-electron chi connectivity index (χ2n) is 10.1. The van der Waals surface area contributed by atoms with Crippen LogP contribution in [0.2, 0.25) is 0 Å². The van der Waals surface area contributed by atoms with Crippen molar-refractivity contribution < 1.29 is 17.9 Å². The van der Waals surface area contributed by atoms with Crippen molar-refractivity contribution in [3.63, 3.8) is 0 Å². The number of ether oxygens (including phenoxy) is 1. The van der Waals surface area contributed by atoms with Crippen molar-refractivity contribution in [1.29, 1.82) is 0 Å². The lowest BCUT2D eigenvalue weighted by Gasteiger charge is -2.40. The molecule has 1 heterocycles. The molecule has 1 aliphatic carbocycles. The lowest BCUT2D eigenvalue weighted by molar-refractivity contribution is -0.274. The Bertz CT molecular complexity index is 1100. The molecular formula is C26H32F3N3O. The van der Waals surface area contributed by atoms with Gasteiger partial charge in [-0.2, -0.15) is 0 Å². The monoisotopic (exact) mass is 459 g/mol. The van der Waals surface area contributed by atoms with E-state index in [0.717, 1.165) is 42.7 Å². The maximum absolute atomic E-state index is 12.5. The van der Waals surface area contributed by atoms with Crippen LogP contribution >= 0.6 is 0 Å². The zero-order chi connectivity index (χ0) is 23.8. The number of aromatic nitrogens is 2. The van der Waals surface area contributed by atoms with E-state index in [4.69, 9.17) is 4.98 Å². The van der Waals surface area contributed by atoms with Crippen molar-refractivity contribution in [3.05, 3.63) is 48.0 Å². The van der Waals surface area contributed by atoms with E-state index in [1.165, 1.54) is 24.1 Å². The average Bonchev–Trinajstić information content (AvgIpc) is 3.04. The molecule has 0 spiro atoms. The van der Waals surface area contributed by atoms with Gasteiger partial charge in [-0.25, -0.2) is 4.98 Å². The van der Waals surface area contributed by atoms with Crippen LogP contribution < -0.4 is 10.1 Å². The van der Waals surface area contributed by atoms with Crippen molar-refractivity contribution in [2.24, 2.45) is 11.3 Å². The van der Waals surface area contributed by atoms with Crippen LogP contribution in [0.3, 0.4) is 0 Å². The Morgan fingerprint density at radius 3 is 2.48 bits per heavy atom. The molecule has 1 fully saturated rings. The lowest BCUT2D eigenvalue weighted by atomic mass is 9.70. The molecule has 7 heteroatoms. The molecule has 1 saturated carbocycles. The third-order valence-corrected chi connectivity index (χ3v) is 6.37. The maximum atomic E-state index is 12.5. The first-order chi connectivity index (χ1) is 15.5. The molecule has 0 bridgehead atoms. The van der Waals surface area contributed by atoms with Gasteiger partial charge in [0.1, 0.15) is 5.75 Å². The number of alkyl halides is 3. The molecule has 1 N–H and O–H groups in total. The number of rotatable bonds is 6. The third-order valence-electron chi connectivity index (χ3n) is 6.37. The molecule has 178 valence electrons. The van der Waals surface area contributed by atoms with Gasteiger partial charge in [-0.05, 0) is 79.0 Å². The summed E-state index contributed by atoms with van der Waals surface area (Å²) in [5, 5.41) is 3.36.